The number of primary amides is 1. The summed E-state index contributed by atoms with van der Waals surface area (Å²) in [5, 5.41) is 12.8. The number of hydrogen-bond acceptors (Lipinski definition) is 6. The van der Waals surface area contributed by atoms with Gasteiger partial charge in [-0.2, -0.15) is 0 Å². The number of nitrogens with one attached hydrogen (secondary N) is 1. The number of carbonyl (C=O) groups excluding carboxylic acids is 1. The number of benzene rings is 2. The number of anilines is 3. The zero-order valence-corrected chi connectivity index (χ0v) is 15.0. The molecule has 142 valence electrons. The number of hydrogen-bond donors (Lipinski definition) is 3. The van der Waals surface area contributed by atoms with Gasteiger partial charge in [-0.1, -0.05) is 24.3 Å². The molecular weight excluding hydrogens is 344 g/mol. The van der Waals surface area contributed by atoms with Crippen LogP contribution in [0.1, 0.15) is 12.8 Å². The predicted molar refractivity (Wildman–Crippen MR) is 105 cm³/mol. The summed E-state index contributed by atoms with van der Waals surface area (Å²) in [5.74, 6) is 0.348. The van der Waals surface area contributed by atoms with Crippen molar-refractivity contribution in [3.8, 4) is 5.75 Å². The molecule has 2 heterocycles. The molecule has 1 saturated heterocycles. The second-order valence-electron chi connectivity index (χ2n) is 6.90. The lowest BCUT2D eigenvalue weighted by Crippen LogP contribution is -2.54. The van der Waals surface area contributed by atoms with E-state index >= 15 is 0 Å². The Balaban J connectivity index is 1.60. The molecule has 4 rings (SSSR count). The molecule has 2 aromatic carbocycles. The lowest BCUT2D eigenvalue weighted by molar-refractivity contribution is -0.118. The van der Waals surface area contributed by atoms with Crippen LogP contribution in [0.2, 0.25) is 0 Å². The van der Waals surface area contributed by atoms with Crippen LogP contribution in [0.4, 0.5) is 17.1 Å². The largest absolute Gasteiger partial charge is 0.445 e. The van der Waals surface area contributed by atoms with Crippen molar-refractivity contribution in [2.45, 2.75) is 25.3 Å². The first-order valence-corrected chi connectivity index (χ1v) is 9.21. The molecule has 1 fully saturated rings. The highest BCUT2D eigenvalue weighted by atomic mass is 16.6. The second kappa shape index (κ2) is 7.36. The molecule has 0 aliphatic carbocycles. The van der Waals surface area contributed by atoms with Crippen LogP contribution in [0.3, 0.4) is 0 Å². The third-order valence-corrected chi connectivity index (χ3v) is 5.15. The molecule has 2 unspecified atom stereocenters. The Labute approximate surface area is 158 Å². The fraction of sp³-hybridized carbons (Fsp3) is 0.350. The van der Waals surface area contributed by atoms with Gasteiger partial charge < -0.3 is 30.7 Å². The quantitative estimate of drug-likeness (QED) is 0.745. The number of fused-ring (bicyclic) bond motifs is 1. The lowest BCUT2D eigenvalue weighted by Gasteiger charge is -2.44. The molecule has 2 aromatic rings. The number of para-hydroxylation sites is 2. The summed E-state index contributed by atoms with van der Waals surface area (Å²) in [7, 11) is 0. The van der Waals surface area contributed by atoms with Gasteiger partial charge in [-0.25, -0.2) is 0 Å². The Morgan fingerprint density at radius 1 is 1.19 bits per heavy atom. The molecular formula is C20H24N4O3. The minimum Gasteiger partial charge on any atom is -0.445 e. The maximum atomic E-state index is 11.4. The highest BCUT2D eigenvalue weighted by Crippen LogP contribution is 2.41. The number of nitrogens with zero attached hydrogens (tertiary/aromatic N) is 2. The molecule has 4 N–H and O–H groups in total. The van der Waals surface area contributed by atoms with Gasteiger partial charge in [0, 0.05) is 37.8 Å². The molecule has 7 heteroatoms. The minimum absolute atomic E-state index is 0.123. The maximum Gasteiger partial charge on any atom is 0.279 e. The van der Waals surface area contributed by atoms with Crippen molar-refractivity contribution in [1.29, 1.82) is 0 Å². The number of aliphatic hydroxyl groups excluding tert-OH is 1. The van der Waals surface area contributed by atoms with Crippen molar-refractivity contribution in [2.75, 3.05) is 34.8 Å². The van der Waals surface area contributed by atoms with Gasteiger partial charge in [-0.05, 0) is 30.7 Å². The summed E-state index contributed by atoms with van der Waals surface area (Å²) in [6.07, 6.45) is -0.0206. The summed E-state index contributed by atoms with van der Waals surface area (Å²) >= 11 is 0. The summed E-state index contributed by atoms with van der Waals surface area (Å²) in [4.78, 5) is 16.0. The summed E-state index contributed by atoms with van der Waals surface area (Å²) < 4.78 is 5.40. The highest BCUT2D eigenvalue weighted by Gasteiger charge is 2.32. The maximum absolute atomic E-state index is 11.4. The lowest BCUT2D eigenvalue weighted by atomic mass is 10.0. The first kappa shape index (κ1) is 17.5. The zero-order chi connectivity index (χ0) is 18.8. The van der Waals surface area contributed by atoms with E-state index in [9.17, 15) is 9.90 Å². The molecule has 0 aromatic heterocycles. The van der Waals surface area contributed by atoms with Crippen molar-refractivity contribution in [1.82, 2.24) is 0 Å². The Hall–Kier alpha value is -2.93. The van der Waals surface area contributed by atoms with E-state index in [1.165, 1.54) is 5.69 Å². The van der Waals surface area contributed by atoms with E-state index in [1.807, 2.05) is 36.4 Å². The van der Waals surface area contributed by atoms with E-state index in [2.05, 4.69) is 27.2 Å². The first-order chi connectivity index (χ1) is 13.1. The molecule has 2 aliphatic heterocycles. The van der Waals surface area contributed by atoms with Crippen LogP contribution < -0.4 is 25.6 Å². The minimum atomic E-state index is -1.03. The van der Waals surface area contributed by atoms with Crippen molar-refractivity contribution in [3.05, 3.63) is 48.5 Å². The predicted octanol–water partition coefficient (Wildman–Crippen LogP) is 1.73. The van der Waals surface area contributed by atoms with E-state index in [0.717, 1.165) is 31.0 Å². The molecule has 0 radical (unpaired) electrons. The molecule has 0 saturated carbocycles. The van der Waals surface area contributed by atoms with E-state index in [0.29, 0.717) is 18.6 Å². The van der Waals surface area contributed by atoms with E-state index in [1.54, 1.807) is 0 Å². The van der Waals surface area contributed by atoms with Gasteiger partial charge in [0.25, 0.3) is 6.41 Å². The number of nitrogens with two attached hydrogens (primary N) is 1. The van der Waals surface area contributed by atoms with Crippen LogP contribution in [-0.4, -0.2) is 43.1 Å². The van der Waals surface area contributed by atoms with Gasteiger partial charge in [-0.3, -0.25) is 4.79 Å². The zero-order valence-electron chi connectivity index (χ0n) is 15.0. The van der Waals surface area contributed by atoms with Crippen molar-refractivity contribution in [2.24, 2.45) is 5.73 Å². The summed E-state index contributed by atoms with van der Waals surface area (Å²) in [6.45, 7) is 2.46. The summed E-state index contributed by atoms with van der Waals surface area (Å²) in [5.41, 5.74) is 8.36. The van der Waals surface area contributed by atoms with E-state index < -0.39 is 6.41 Å². The molecule has 0 bridgehead atoms. The van der Waals surface area contributed by atoms with Crippen LogP contribution in [-0.2, 0) is 4.79 Å². The number of rotatable bonds is 5. The average Bonchev–Trinajstić information content (AvgIpc) is 3.07. The Morgan fingerprint density at radius 2 is 2.00 bits per heavy atom. The fourth-order valence-corrected chi connectivity index (χ4v) is 3.88. The van der Waals surface area contributed by atoms with Gasteiger partial charge in [0.05, 0.1) is 5.69 Å². The third-order valence-electron chi connectivity index (χ3n) is 5.15. The Kier molecular flexibility index (Phi) is 4.77. The van der Waals surface area contributed by atoms with Gasteiger partial charge >= 0.3 is 0 Å². The highest BCUT2D eigenvalue weighted by molar-refractivity contribution is 5.79. The number of piperazine rings is 1. The Morgan fingerprint density at radius 3 is 2.78 bits per heavy atom. The van der Waals surface area contributed by atoms with Gasteiger partial charge in [0.15, 0.2) is 0 Å². The van der Waals surface area contributed by atoms with Gasteiger partial charge in [-0.15, -0.1) is 0 Å². The molecule has 0 spiro atoms. The van der Waals surface area contributed by atoms with Crippen LogP contribution in [0.25, 0.3) is 0 Å². The van der Waals surface area contributed by atoms with Crippen molar-refractivity contribution < 1.29 is 14.6 Å². The third kappa shape index (κ3) is 3.64. The van der Waals surface area contributed by atoms with Crippen molar-refractivity contribution >= 4 is 23.0 Å². The van der Waals surface area contributed by atoms with Crippen LogP contribution in [0.15, 0.2) is 48.5 Å². The second-order valence-corrected chi connectivity index (χ2v) is 6.90. The fourth-order valence-electron chi connectivity index (χ4n) is 3.88. The molecule has 2 atom stereocenters. The van der Waals surface area contributed by atoms with E-state index in [-0.39, 0.29) is 11.9 Å². The average molecular weight is 368 g/mol. The Bertz CT molecular complexity index is 814. The molecule has 1 amide bonds. The van der Waals surface area contributed by atoms with Crippen LogP contribution in [0, 0.1) is 0 Å². The molecule has 7 nitrogen and oxygen atoms in total. The monoisotopic (exact) mass is 368 g/mol. The van der Waals surface area contributed by atoms with Crippen molar-refractivity contribution in [3.63, 3.8) is 0 Å². The SMILES string of the molecule is NC(=O)CCC1CN(c2ccccc2)CCN1c1cccc2c1NC(O)O2. The number of ether oxygens (including phenoxy) is 1. The number of aliphatic hydroxyl groups is 1. The topological polar surface area (TPSA) is 91.1 Å². The van der Waals surface area contributed by atoms with Crippen LogP contribution >= 0.6 is 0 Å². The smallest absolute Gasteiger partial charge is 0.279 e. The first-order valence-electron chi connectivity index (χ1n) is 9.21. The molecule has 2 aliphatic rings. The number of amides is 1. The van der Waals surface area contributed by atoms with E-state index in [4.69, 9.17) is 10.5 Å². The van der Waals surface area contributed by atoms with Crippen LogP contribution in [0.5, 0.6) is 5.75 Å². The standard InChI is InChI=1S/C20H24N4O3/c21-18(25)10-9-15-13-23(14-5-2-1-3-6-14)11-12-24(15)16-7-4-8-17-19(16)22-20(26)27-17/h1-8,15,20,22,26H,9-13H2,(H2,21,25). The normalized spacial score (nSPS) is 21.4. The number of carbonyl (C=O) groups is 1. The summed E-state index contributed by atoms with van der Waals surface area (Å²) in [6, 6.07) is 16.2. The molecule has 27 heavy (non-hydrogen) atoms. The van der Waals surface area contributed by atoms with Gasteiger partial charge in [0.1, 0.15) is 11.4 Å². The van der Waals surface area contributed by atoms with Gasteiger partial charge in [0.2, 0.25) is 5.91 Å².